The molecule has 1 saturated carbocycles. The summed E-state index contributed by atoms with van der Waals surface area (Å²) in [6.07, 6.45) is -5.23. The van der Waals surface area contributed by atoms with Gasteiger partial charge in [-0.15, -0.1) is 23.4 Å². The highest BCUT2D eigenvalue weighted by Crippen LogP contribution is 2.41. The number of aryl methyl sites for hydroxylation is 1. The molecule has 0 spiro atoms. The van der Waals surface area contributed by atoms with Gasteiger partial charge in [0, 0.05) is 36.3 Å². The van der Waals surface area contributed by atoms with E-state index in [0.717, 1.165) is 25.3 Å². The van der Waals surface area contributed by atoms with Crippen LogP contribution in [0.25, 0.3) is 0 Å². The second-order valence-corrected chi connectivity index (χ2v) is 10.9. The minimum Gasteiger partial charge on any atom is -0.320 e. The molecule has 1 N–H and O–H groups in total. The number of carbonyl (C=O) groups is 1. The Bertz CT molecular complexity index is 1430. The van der Waals surface area contributed by atoms with Crippen molar-refractivity contribution in [2.75, 3.05) is 11.5 Å². The molecule has 1 amide bonds. The normalized spacial score (nSPS) is 17.5. The van der Waals surface area contributed by atoms with E-state index in [9.17, 15) is 31.1 Å². The molecule has 1 fully saturated rings. The van der Waals surface area contributed by atoms with Gasteiger partial charge < -0.3 is 14.8 Å². The Morgan fingerprint density at radius 1 is 1.12 bits per heavy atom. The van der Waals surface area contributed by atoms with Crippen LogP contribution in [0, 0.1) is 0 Å². The lowest BCUT2D eigenvalue weighted by atomic mass is 9.78. The molecule has 7 nitrogen and oxygen atoms in total. The molecule has 1 aliphatic heterocycles. The Balaban J connectivity index is 1.44. The zero-order valence-electron chi connectivity index (χ0n) is 22.4. The summed E-state index contributed by atoms with van der Waals surface area (Å²) in [5, 5.41) is 11.2. The van der Waals surface area contributed by atoms with Crippen molar-refractivity contribution >= 4 is 11.6 Å². The van der Waals surface area contributed by atoms with E-state index in [0.29, 0.717) is 22.6 Å². The second kappa shape index (κ2) is 10.8. The highest BCUT2D eigenvalue weighted by Gasteiger charge is 2.41. The molecule has 2 aromatic carbocycles. The number of aromatic nitrogens is 3. The van der Waals surface area contributed by atoms with E-state index in [2.05, 4.69) is 20.3 Å². The van der Waals surface area contributed by atoms with Crippen molar-refractivity contribution in [2.45, 2.75) is 69.7 Å². The van der Waals surface area contributed by atoms with Gasteiger partial charge in [-0.25, -0.2) is 0 Å². The van der Waals surface area contributed by atoms with Crippen molar-refractivity contribution < 1.29 is 35.9 Å². The second-order valence-electron chi connectivity index (χ2n) is 10.9. The largest absolute Gasteiger partial charge is 0.522 e. The third-order valence-electron chi connectivity index (χ3n) is 7.90. The van der Waals surface area contributed by atoms with E-state index in [4.69, 9.17) is 0 Å². The summed E-state index contributed by atoms with van der Waals surface area (Å²) in [5.74, 6) is -0.878. The first-order valence-electron chi connectivity index (χ1n) is 13.2. The number of nitrogens with zero attached hydrogens (tertiary/aromatic N) is 4. The first-order valence-corrected chi connectivity index (χ1v) is 13.2. The molecule has 0 saturated heterocycles. The molecule has 41 heavy (non-hydrogen) atoms. The van der Waals surface area contributed by atoms with E-state index in [-0.39, 0.29) is 36.2 Å². The Kier molecular flexibility index (Phi) is 7.62. The Morgan fingerprint density at radius 3 is 2.49 bits per heavy atom. The van der Waals surface area contributed by atoms with E-state index < -0.39 is 36.5 Å². The van der Waals surface area contributed by atoms with Crippen molar-refractivity contribution in [3.05, 3.63) is 76.4 Å². The molecule has 5 rings (SSSR count). The van der Waals surface area contributed by atoms with Crippen molar-refractivity contribution in [1.82, 2.24) is 20.1 Å². The first-order chi connectivity index (χ1) is 19.2. The molecular formula is C28H29F6N5O2. The molecule has 3 aromatic rings. The number of benzene rings is 2. The van der Waals surface area contributed by atoms with Gasteiger partial charge in [0.05, 0.1) is 18.7 Å². The summed E-state index contributed by atoms with van der Waals surface area (Å²) >= 11 is 0. The molecule has 0 unspecified atom stereocenters. The van der Waals surface area contributed by atoms with E-state index in [1.165, 1.54) is 17.3 Å². The molecule has 2 aliphatic rings. The Morgan fingerprint density at radius 2 is 1.88 bits per heavy atom. The van der Waals surface area contributed by atoms with Crippen LogP contribution in [0.4, 0.5) is 32.0 Å². The summed E-state index contributed by atoms with van der Waals surface area (Å²) in [6.45, 7) is 1.29. The number of rotatable bonds is 9. The lowest BCUT2D eigenvalue weighted by molar-refractivity contribution is -0.324. The molecule has 0 radical (unpaired) electrons. The topological polar surface area (TPSA) is 72.3 Å². The van der Waals surface area contributed by atoms with E-state index in [1.807, 2.05) is 6.92 Å². The molecule has 1 aliphatic carbocycles. The van der Waals surface area contributed by atoms with Gasteiger partial charge in [-0.3, -0.25) is 9.53 Å². The average molecular weight is 582 g/mol. The number of carbonyl (C=O) groups excluding carboxylic acids is 1. The van der Waals surface area contributed by atoms with Crippen molar-refractivity contribution in [1.29, 1.82) is 0 Å². The van der Waals surface area contributed by atoms with Crippen molar-refractivity contribution in [2.24, 2.45) is 7.05 Å². The SMILES string of the molecule is Cn1cnnc1[C@H](CCOC(F)(F)F)c1cccc(N2Cc3c(cc(CNC4(C)CCC4)cc3C(F)(F)F)C2=O)c1. The quantitative estimate of drug-likeness (QED) is 0.310. The molecule has 1 atom stereocenters. The smallest absolute Gasteiger partial charge is 0.320 e. The van der Waals surface area contributed by atoms with Gasteiger partial charge in [-0.2, -0.15) is 13.2 Å². The highest BCUT2D eigenvalue weighted by atomic mass is 19.4. The van der Waals surface area contributed by atoms with Crippen LogP contribution in [0.15, 0.2) is 42.7 Å². The predicted molar refractivity (Wildman–Crippen MR) is 137 cm³/mol. The molecule has 2 heterocycles. The minimum atomic E-state index is -4.81. The molecule has 0 bridgehead atoms. The summed E-state index contributed by atoms with van der Waals surface area (Å²) in [6, 6.07) is 9.06. The van der Waals surface area contributed by atoms with Gasteiger partial charge in [-0.05, 0) is 73.6 Å². The van der Waals surface area contributed by atoms with Crippen LogP contribution < -0.4 is 10.2 Å². The van der Waals surface area contributed by atoms with Crippen LogP contribution in [0.3, 0.4) is 0 Å². The van der Waals surface area contributed by atoms with Gasteiger partial charge >= 0.3 is 12.5 Å². The number of nitrogens with one attached hydrogen (secondary N) is 1. The fourth-order valence-electron chi connectivity index (χ4n) is 5.49. The number of hydrogen-bond donors (Lipinski definition) is 1. The third-order valence-corrected chi connectivity index (χ3v) is 7.90. The molecular weight excluding hydrogens is 552 g/mol. The number of fused-ring (bicyclic) bond motifs is 1. The van der Waals surface area contributed by atoms with Crippen LogP contribution in [-0.2, 0) is 31.1 Å². The Labute approximate surface area is 232 Å². The maximum absolute atomic E-state index is 14.1. The number of ether oxygens (including phenoxy) is 1. The van der Waals surface area contributed by atoms with Gasteiger partial charge in [0.15, 0.2) is 0 Å². The predicted octanol–water partition coefficient (Wildman–Crippen LogP) is 6.08. The summed E-state index contributed by atoms with van der Waals surface area (Å²) in [4.78, 5) is 14.8. The van der Waals surface area contributed by atoms with Crippen LogP contribution in [0.2, 0.25) is 0 Å². The lowest BCUT2D eigenvalue weighted by Gasteiger charge is -2.39. The zero-order chi connectivity index (χ0) is 29.6. The maximum atomic E-state index is 14.1. The molecule has 1 aromatic heterocycles. The maximum Gasteiger partial charge on any atom is 0.522 e. The monoisotopic (exact) mass is 581 g/mol. The number of amides is 1. The first kappa shape index (κ1) is 29.1. The summed E-state index contributed by atoms with van der Waals surface area (Å²) < 4.78 is 86.0. The number of halogens is 6. The van der Waals surface area contributed by atoms with Gasteiger partial charge in [-0.1, -0.05) is 12.1 Å². The number of alkyl halides is 6. The number of hydrogen-bond acceptors (Lipinski definition) is 5. The fourth-order valence-corrected chi connectivity index (χ4v) is 5.49. The van der Waals surface area contributed by atoms with Gasteiger partial charge in [0.1, 0.15) is 12.2 Å². The average Bonchev–Trinajstić information content (AvgIpc) is 3.45. The fraction of sp³-hybridized carbons (Fsp3) is 0.464. The number of anilines is 1. The zero-order valence-corrected chi connectivity index (χ0v) is 22.4. The minimum absolute atomic E-state index is 0.00998. The third kappa shape index (κ3) is 6.25. The van der Waals surface area contributed by atoms with Crippen LogP contribution in [0.5, 0.6) is 0 Å². The van der Waals surface area contributed by atoms with Gasteiger partial charge in [0.25, 0.3) is 5.91 Å². The van der Waals surface area contributed by atoms with Gasteiger partial charge in [0.2, 0.25) is 0 Å². The Hall–Kier alpha value is -3.45. The summed E-state index contributed by atoms with van der Waals surface area (Å²) in [7, 11) is 1.65. The summed E-state index contributed by atoms with van der Waals surface area (Å²) in [5.41, 5.74) is 0.126. The molecule has 220 valence electrons. The van der Waals surface area contributed by atoms with Crippen LogP contribution >= 0.6 is 0 Å². The lowest BCUT2D eigenvalue weighted by Crippen LogP contribution is -2.47. The van der Waals surface area contributed by atoms with E-state index >= 15 is 0 Å². The van der Waals surface area contributed by atoms with Crippen LogP contribution in [0.1, 0.15) is 77.0 Å². The standard InChI is InChI=1S/C28H29F6N5O2/c1-26(8-4-9-26)35-14-17-11-21-22(23(12-17)27(29,30)31)15-39(25(21)40)19-6-3-5-18(13-19)20(7-10-41-28(32,33)34)24-37-36-16-38(24)2/h3,5-6,11-13,16,20,35H,4,7-10,14-15H2,1-2H3/t20-/m1/s1. The van der Waals surface area contributed by atoms with Crippen molar-refractivity contribution in [3.63, 3.8) is 0 Å². The van der Waals surface area contributed by atoms with Crippen LogP contribution in [-0.4, -0.2) is 39.2 Å². The van der Waals surface area contributed by atoms with E-state index in [1.54, 1.807) is 35.9 Å². The van der Waals surface area contributed by atoms with Crippen molar-refractivity contribution in [3.8, 4) is 0 Å². The highest BCUT2D eigenvalue weighted by molar-refractivity contribution is 6.10. The molecule has 13 heteroatoms.